The van der Waals surface area contributed by atoms with Crippen molar-refractivity contribution in [2.24, 2.45) is 5.41 Å². The molecule has 6 heteroatoms. The van der Waals surface area contributed by atoms with E-state index >= 15 is 0 Å². The molecule has 1 N–H and O–H groups in total. The first-order valence-electron chi connectivity index (χ1n) is 7.73. The van der Waals surface area contributed by atoms with E-state index in [0.717, 1.165) is 32.1 Å². The zero-order chi connectivity index (χ0) is 15.5. The fraction of sp³-hybridized carbons (Fsp3) is 0.867. The summed E-state index contributed by atoms with van der Waals surface area (Å²) in [5.74, 6) is -0.0418. The van der Waals surface area contributed by atoms with Crippen LogP contribution in [0.5, 0.6) is 0 Å². The molecule has 1 atom stereocenters. The summed E-state index contributed by atoms with van der Waals surface area (Å²) < 4.78 is 4.78. The van der Waals surface area contributed by atoms with Gasteiger partial charge in [0.25, 0.3) is 0 Å². The minimum Gasteiger partial charge on any atom is -0.453 e. The van der Waals surface area contributed by atoms with Crippen molar-refractivity contribution in [2.45, 2.75) is 44.6 Å². The van der Waals surface area contributed by atoms with Gasteiger partial charge in [-0.15, -0.1) is 0 Å². The first-order valence-corrected chi connectivity index (χ1v) is 7.73. The van der Waals surface area contributed by atoms with Crippen LogP contribution in [0.4, 0.5) is 4.79 Å². The number of hydrogen-bond acceptors (Lipinski definition) is 4. The van der Waals surface area contributed by atoms with E-state index in [-0.39, 0.29) is 17.9 Å². The molecule has 1 aliphatic carbocycles. The number of ether oxygens (including phenoxy) is 1. The number of hydrogen-bond donors (Lipinski definition) is 1. The molecule has 0 aromatic heterocycles. The summed E-state index contributed by atoms with van der Waals surface area (Å²) in [6.45, 7) is 1.26. The van der Waals surface area contributed by atoms with E-state index in [2.05, 4.69) is 0 Å². The van der Waals surface area contributed by atoms with Crippen LogP contribution in [0.3, 0.4) is 0 Å². The Hall–Kier alpha value is -1.30. The summed E-state index contributed by atoms with van der Waals surface area (Å²) in [5, 5.41) is 9.53. The highest BCUT2D eigenvalue weighted by Crippen LogP contribution is 2.41. The Morgan fingerprint density at radius 3 is 2.57 bits per heavy atom. The van der Waals surface area contributed by atoms with E-state index in [9.17, 15) is 14.7 Å². The Morgan fingerprint density at radius 2 is 2.05 bits per heavy atom. The molecule has 2 aliphatic rings. The van der Waals surface area contributed by atoms with Gasteiger partial charge in [-0.25, -0.2) is 4.79 Å². The highest BCUT2D eigenvalue weighted by Gasteiger charge is 2.41. The maximum absolute atomic E-state index is 12.7. The monoisotopic (exact) mass is 298 g/mol. The van der Waals surface area contributed by atoms with Gasteiger partial charge in [0.05, 0.1) is 13.7 Å². The fourth-order valence-electron chi connectivity index (χ4n) is 3.40. The van der Waals surface area contributed by atoms with Gasteiger partial charge in [0.15, 0.2) is 0 Å². The smallest absolute Gasteiger partial charge is 0.410 e. The van der Waals surface area contributed by atoms with Gasteiger partial charge < -0.3 is 14.7 Å². The molecule has 2 amide bonds. The molecule has 1 heterocycles. The van der Waals surface area contributed by atoms with Crippen LogP contribution < -0.4 is 0 Å². The van der Waals surface area contributed by atoms with Crippen LogP contribution in [0.1, 0.15) is 38.5 Å². The molecule has 0 radical (unpaired) electrons. The number of aliphatic hydroxyl groups is 1. The third-order valence-corrected chi connectivity index (χ3v) is 4.90. The Balaban J connectivity index is 2.00. The number of nitrogens with zero attached hydrogens (tertiary/aromatic N) is 2. The molecule has 1 aliphatic heterocycles. The van der Waals surface area contributed by atoms with Gasteiger partial charge >= 0.3 is 6.09 Å². The number of piperidine rings is 1. The van der Waals surface area contributed by atoms with Gasteiger partial charge in [0, 0.05) is 25.6 Å². The second-order valence-electron chi connectivity index (χ2n) is 6.38. The summed E-state index contributed by atoms with van der Waals surface area (Å²) >= 11 is 0. The first-order chi connectivity index (χ1) is 10.0. The van der Waals surface area contributed by atoms with Crippen LogP contribution in [0.2, 0.25) is 0 Å². The Labute approximate surface area is 126 Å². The van der Waals surface area contributed by atoms with E-state index in [0.29, 0.717) is 19.5 Å². The average molecular weight is 298 g/mol. The quantitative estimate of drug-likeness (QED) is 0.847. The highest BCUT2D eigenvalue weighted by atomic mass is 16.5. The lowest BCUT2D eigenvalue weighted by Gasteiger charge is -2.44. The van der Waals surface area contributed by atoms with Crippen molar-refractivity contribution in [1.29, 1.82) is 0 Å². The van der Waals surface area contributed by atoms with Crippen LogP contribution in [0.25, 0.3) is 0 Å². The Kier molecular flexibility index (Phi) is 5.08. The number of carbonyl (C=O) groups is 2. The molecule has 120 valence electrons. The van der Waals surface area contributed by atoms with Crippen molar-refractivity contribution in [1.82, 2.24) is 9.80 Å². The summed E-state index contributed by atoms with van der Waals surface area (Å²) in [5.41, 5.74) is -0.130. The molecule has 2 fully saturated rings. The lowest BCUT2D eigenvalue weighted by molar-refractivity contribution is -0.139. The topological polar surface area (TPSA) is 70.1 Å². The molecule has 1 unspecified atom stereocenters. The normalized spacial score (nSPS) is 24.1. The molecular weight excluding hydrogens is 272 g/mol. The molecule has 1 saturated heterocycles. The van der Waals surface area contributed by atoms with E-state index in [1.165, 1.54) is 12.0 Å². The van der Waals surface area contributed by atoms with E-state index < -0.39 is 12.1 Å². The van der Waals surface area contributed by atoms with Gasteiger partial charge in [0.2, 0.25) is 5.91 Å². The minimum absolute atomic E-state index is 0.0418. The number of likely N-dealkylation sites (tertiary alicyclic amines) is 1. The first kappa shape index (κ1) is 16.1. The van der Waals surface area contributed by atoms with Gasteiger partial charge in [-0.05, 0) is 32.1 Å². The predicted octanol–water partition coefficient (Wildman–Crippen LogP) is 1.23. The van der Waals surface area contributed by atoms with Crippen molar-refractivity contribution >= 4 is 12.0 Å². The van der Waals surface area contributed by atoms with Crippen LogP contribution >= 0.6 is 0 Å². The van der Waals surface area contributed by atoms with E-state index in [4.69, 9.17) is 4.74 Å². The van der Waals surface area contributed by atoms with Gasteiger partial charge in [0.1, 0.15) is 6.04 Å². The van der Waals surface area contributed by atoms with Crippen LogP contribution in [-0.4, -0.2) is 66.8 Å². The lowest BCUT2D eigenvalue weighted by atomic mass is 9.69. The van der Waals surface area contributed by atoms with Crippen molar-refractivity contribution in [3.63, 3.8) is 0 Å². The van der Waals surface area contributed by atoms with Crippen molar-refractivity contribution in [3.05, 3.63) is 0 Å². The van der Waals surface area contributed by atoms with E-state index in [1.807, 2.05) is 0 Å². The van der Waals surface area contributed by atoms with Crippen molar-refractivity contribution < 1.29 is 19.4 Å². The molecule has 6 nitrogen and oxygen atoms in total. The number of rotatable bonds is 4. The Morgan fingerprint density at radius 1 is 1.33 bits per heavy atom. The zero-order valence-electron chi connectivity index (χ0n) is 13.0. The van der Waals surface area contributed by atoms with Crippen LogP contribution in [-0.2, 0) is 9.53 Å². The largest absolute Gasteiger partial charge is 0.453 e. The third kappa shape index (κ3) is 3.31. The maximum atomic E-state index is 12.7. The van der Waals surface area contributed by atoms with E-state index in [1.54, 1.807) is 11.9 Å². The molecule has 0 bridgehead atoms. The number of likely N-dealkylation sites (N-methyl/N-ethyl adjacent to an activating group) is 1. The molecule has 0 spiro atoms. The maximum Gasteiger partial charge on any atom is 0.410 e. The average Bonchev–Trinajstić information content (AvgIpc) is 2.49. The Bertz CT molecular complexity index is 390. The molecule has 1 saturated carbocycles. The SMILES string of the molecule is COC(=O)N1CCCCC1C(=O)N(C)CC1(CO)CCC1. The summed E-state index contributed by atoms with van der Waals surface area (Å²) in [6.07, 6.45) is 5.15. The second kappa shape index (κ2) is 6.64. The molecule has 2 rings (SSSR count). The summed E-state index contributed by atoms with van der Waals surface area (Å²) in [7, 11) is 3.11. The van der Waals surface area contributed by atoms with Crippen molar-refractivity contribution in [2.75, 3.05) is 33.9 Å². The standard InChI is InChI=1S/C15H26N2O4/c1-16(10-15(11-18)7-5-8-15)13(19)12-6-3-4-9-17(12)14(20)21-2/h12,18H,3-11H2,1-2H3. The fourth-order valence-corrected chi connectivity index (χ4v) is 3.40. The number of amides is 2. The minimum atomic E-state index is -0.429. The number of carbonyl (C=O) groups excluding carboxylic acids is 2. The van der Waals surface area contributed by atoms with Crippen LogP contribution in [0.15, 0.2) is 0 Å². The molecular formula is C15H26N2O4. The second-order valence-corrected chi connectivity index (χ2v) is 6.38. The number of methoxy groups -OCH3 is 1. The summed E-state index contributed by atoms with van der Waals surface area (Å²) in [4.78, 5) is 27.7. The molecule has 21 heavy (non-hydrogen) atoms. The highest BCUT2D eigenvalue weighted by molar-refractivity contribution is 5.85. The molecule has 0 aromatic carbocycles. The van der Waals surface area contributed by atoms with Gasteiger partial charge in [-0.2, -0.15) is 0 Å². The summed E-state index contributed by atoms with van der Waals surface area (Å²) in [6, 6.07) is -0.424. The predicted molar refractivity (Wildman–Crippen MR) is 77.8 cm³/mol. The number of aliphatic hydroxyl groups excluding tert-OH is 1. The van der Waals surface area contributed by atoms with Crippen LogP contribution in [0, 0.1) is 5.41 Å². The lowest BCUT2D eigenvalue weighted by Crippen LogP contribution is -2.54. The van der Waals surface area contributed by atoms with Gasteiger partial charge in [-0.1, -0.05) is 6.42 Å². The van der Waals surface area contributed by atoms with Crippen molar-refractivity contribution in [3.8, 4) is 0 Å². The zero-order valence-corrected chi connectivity index (χ0v) is 13.0. The third-order valence-electron chi connectivity index (χ3n) is 4.90. The van der Waals surface area contributed by atoms with Gasteiger partial charge in [-0.3, -0.25) is 9.69 Å². The molecule has 0 aromatic rings.